The summed E-state index contributed by atoms with van der Waals surface area (Å²) >= 11 is 0. The maximum Gasteiger partial charge on any atom is 0.0641 e. The van der Waals surface area contributed by atoms with Crippen molar-refractivity contribution >= 4 is 0 Å². The Balaban J connectivity index is 1.92. The molecule has 108 valence electrons. The maximum atomic E-state index is 4.44. The normalized spacial score (nSPS) is 11.3. The highest BCUT2D eigenvalue weighted by molar-refractivity contribution is 5.26. The van der Waals surface area contributed by atoms with Crippen LogP contribution in [0.1, 0.15) is 47.8 Å². The van der Waals surface area contributed by atoms with Crippen molar-refractivity contribution in [1.29, 1.82) is 0 Å². The van der Waals surface area contributed by atoms with E-state index in [2.05, 4.69) is 62.4 Å². The SMILES string of the molecule is Cc1nn(C)c(C)c1CNCc1ccc(C(C)C)cc1. The van der Waals surface area contributed by atoms with Gasteiger partial charge in [-0.1, -0.05) is 38.1 Å². The average molecular weight is 271 g/mol. The van der Waals surface area contributed by atoms with E-state index in [9.17, 15) is 0 Å². The third kappa shape index (κ3) is 3.28. The van der Waals surface area contributed by atoms with Crippen LogP contribution in [-0.2, 0) is 20.1 Å². The summed E-state index contributed by atoms with van der Waals surface area (Å²) in [4.78, 5) is 0. The molecule has 0 aliphatic rings. The van der Waals surface area contributed by atoms with Crippen LogP contribution in [0.2, 0.25) is 0 Å². The number of nitrogens with zero attached hydrogens (tertiary/aromatic N) is 2. The zero-order valence-electron chi connectivity index (χ0n) is 13.2. The summed E-state index contributed by atoms with van der Waals surface area (Å²) in [5.74, 6) is 0.595. The van der Waals surface area contributed by atoms with Crippen LogP contribution in [0, 0.1) is 13.8 Å². The second-order valence-electron chi connectivity index (χ2n) is 5.77. The second kappa shape index (κ2) is 6.23. The van der Waals surface area contributed by atoms with Gasteiger partial charge in [0.25, 0.3) is 0 Å². The van der Waals surface area contributed by atoms with E-state index >= 15 is 0 Å². The Hall–Kier alpha value is -1.61. The highest BCUT2D eigenvalue weighted by atomic mass is 15.3. The second-order valence-corrected chi connectivity index (χ2v) is 5.77. The molecule has 3 heteroatoms. The third-order valence-corrected chi connectivity index (χ3v) is 3.94. The molecule has 0 amide bonds. The molecule has 0 atom stereocenters. The molecule has 0 radical (unpaired) electrons. The first-order chi connectivity index (χ1) is 9.49. The van der Waals surface area contributed by atoms with Gasteiger partial charge >= 0.3 is 0 Å². The largest absolute Gasteiger partial charge is 0.308 e. The predicted octanol–water partition coefficient (Wildman–Crippen LogP) is 3.45. The zero-order valence-corrected chi connectivity index (χ0v) is 13.2. The number of nitrogens with one attached hydrogen (secondary N) is 1. The van der Waals surface area contributed by atoms with Crippen LogP contribution in [0.15, 0.2) is 24.3 Å². The molecule has 0 fully saturated rings. The lowest BCUT2D eigenvalue weighted by Gasteiger charge is -2.08. The van der Waals surface area contributed by atoms with Gasteiger partial charge in [-0.25, -0.2) is 0 Å². The lowest BCUT2D eigenvalue weighted by atomic mass is 10.0. The quantitative estimate of drug-likeness (QED) is 0.902. The number of aryl methyl sites for hydroxylation is 2. The number of benzene rings is 1. The minimum absolute atomic E-state index is 0.595. The molecule has 1 heterocycles. The van der Waals surface area contributed by atoms with E-state index in [1.165, 1.54) is 22.4 Å². The van der Waals surface area contributed by atoms with Crippen molar-refractivity contribution in [1.82, 2.24) is 15.1 Å². The van der Waals surface area contributed by atoms with Gasteiger partial charge in [-0.15, -0.1) is 0 Å². The first kappa shape index (κ1) is 14.8. The Bertz CT molecular complexity index is 565. The van der Waals surface area contributed by atoms with Gasteiger partial charge in [-0.2, -0.15) is 5.10 Å². The van der Waals surface area contributed by atoms with Crippen LogP contribution < -0.4 is 5.32 Å². The van der Waals surface area contributed by atoms with Gasteiger partial charge in [0.15, 0.2) is 0 Å². The van der Waals surface area contributed by atoms with E-state index in [1.807, 2.05) is 11.7 Å². The fourth-order valence-corrected chi connectivity index (χ4v) is 2.43. The lowest BCUT2D eigenvalue weighted by Crippen LogP contribution is -2.14. The molecule has 0 spiro atoms. The summed E-state index contributed by atoms with van der Waals surface area (Å²) in [6.45, 7) is 10.4. The molecule has 2 rings (SSSR count). The average Bonchev–Trinajstić information content (AvgIpc) is 2.65. The van der Waals surface area contributed by atoms with Crippen molar-refractivity contribution in [2.45, 2.75) is 46.7 Å². The molecular weight excluding hydrogens is 246 g/mol. The summed E-state index contributed by atoms with van der Waals surface area (Å²) in [7, 11) is 2.00. The Morgan fingerprint density at radius 1 is 1.10 bits per heavy atom. The van der Waals surface area contributed by atoms with Crippen LogP contribution in [-0.4, -0.2) is 9.78 Å². The molecule has 1 N–H and O–H groups in total. The van der Waals surface area contributed by atoms with Gasteiger partial charge in [-0.05, 0) is 30.9 Å². The Morgan fingerprint density at radius 2 is 1.75 bits per heavy atom. The first-order valence-electron chi connectivity index (χ1n) is 7.27. The van der Waals surface area contributed by atoms with Crippen molar-refractivity contribution in [3.05, 3.63) is 52.3 Å². The molecule has 1 aromatic heterocycles. The molecule has 3 nitrogen and oxygen atoms in total. The van der Waals surface area contributed by atoms with Gasteiger partial charge in [0.2, 0.25) is 0 Å². The Morgan fingerprint density at radius 3 is 2.25 bits per heavy atom. The monoisotopic (exact) mass is 271 g/mol. The highest BCUT2D eigenvalue weighted by Gasteiger charge is 2.08. The summed E-state index contributed by atoms with van der Waals surface area (Å²) in [6, 6.07) is 8.88. The maximum absolute atomic E-state index is 4.44. The number of rotatable bonds is 5. The molecule has 1 aromatic carbocycles. The van der Waals surface area contributed by atoms with Crippen LogP contribution in [0.4, 0.5) is 0 Å². The molecule has 20 heavy (non-hydrogen) atoms. The van der Waals surface area contributed by atoms with Crippen LogP contribution in [0.5, 0.6) is 0 Å². The molecule has 2 aromatic rings. The van der Waals surface area contributed by atoms with Crippen molar-refractivity contribution in [2.75, 3.05) is 0 Å². The summed E-state index contributed by atoms with van der Waals surface area (Å²) < 4.78 is 1.95. The van der Waals surface area contributed by atoms with Crippen molar-refractivity contribution in [2.24, 2.45) is 7.05 Å². The van der Waals surface area contributed by atoms with Crippen LogP contribution in [0.3, 0.4) is 0 Å². The summed E-state index contributed by atoms with van der Waals surface area (Å²) in [5.41, 5.74) is 6.39. The van der Waals surface area contributed by atoms with E-state index in [0.717, 1.165) is 18.8 Å². The fourth-order valence-electron chi connectivity index (χ4n) is 2.43. The van der Waals surface area contributed by atoms with E-state index in [0.29, 0.717) is 5.92 Å². The number of hydrogen-bond acceptors (Lipinski definition) is 2. The molecular formula is C17H25N3. The van der Waals surface area contributed by atoms with E-state index in [4.69, 9.17) is 0 Å². The Labute approximate surface area is 122 Å². The summed E-state index contributed by atoms with van der Waals surface area (Å²) in [6.07, 6.45) is 0. The van der Waals surface area contributed by atoms with Crippen molar-refractivity contribution < 1.29 is 0 Å². The summed E-state index contributed by atoms with van der Waals surface area (Å²) in [5, 5.41) is 7.95. The van der Waals surface area contributed by atoms with Gasteiger partial charge in [-0.3, -0.25) is 4.68 Å². The molecule has 0 aliphatic heterocycles. The highest BCUT2D eigenvalue weighted by Crippen LogP contribution is 2.15. The number of hydrogen-bond donors (Lipinski definition) is 1. The van der Waals surface area contributed by atoms with Gasteiger partial charge < -0.3 is 5.32 Å². The van der Waals surface area contributed by atoms with Crippen molar-refractivity contribution in [3.63, 3.8) is 0 Å². The first-order valence-corrected chi connectivity index (χ1v) is 7.27. The fraction of sp³-hybridized carbons (Fsp3) is 0.471. The van der Waals surface area contributed by atoms with E-state index < -0.39 is 0 Å². The topological polar surface area (TPSA) is 29.9 Å². The van der Waals surface area contributed by atoms with Crippen LogP contribution in [0.25, 0.3) is 0 Å². The van der Waals surface area contributed by atoms with E-state index in [-0.39, 0.29) is 0 Å². The van der Waals surface area contributed by atoms with Gasteiger partial charge in [0.1, 0.15) is 0 Å². The minimum atomic E-state index is 0.595. The van der Waals surface area contributed by atoms with Crippen molar-refractivity contribution in [3.8, 4) is 0 Å². The molecule has 0 saturated carbocycles. The van der Waals surface area contributed by atoms with Gasteiger partial charge in [0, 0.05) is 31.4 Å². The standard InChI is InChI=1S/C17H25N3/c1-12(2)16-8-6-15(7-9-16)10-18-11-17-13(3)19-20(5)14(17)4/h6-9,12,18H,10-11H2,1-5H3. The molecule has 0 saturated heterocycles. The molecule has 0 aliphatic carbocycles. The number of aromatic nitrogens is 2. The lowest BCUT2D eigenvalue weighted by molar-refractivity contribution is 0.683. The third-order valence-electron chi connectivity index (χ3n) is 3.94. The molecule has 0 bridgehead atoms. The van der Waals surface area contributed by atoms with E-state index in [1.54, 1.807) is 0 Å². The Kier molecular flexibility index (Phi) is 4.61. The van der Waals surface area contributed by atoms with Gasteiger partial charge in [0.05, 0.1) is 5.69 Å². The minimum Gasteiger partial charge on any atom is -0.308 e. The predicted molar refractivity (Wildman–Crippen MR) is 83.8 cm³/mol. The zero-order chi connectivity index (χ0) is 14.7. The smallest absolute Gasteiger partial charge is 0.0641 e. The molecule has 0 unspecified atom stereocenters. The van der Waals surface area contributed by atoms with Crippen LogP contribution >= 0.6 is 0 Å².